The van der Waals surface area contributed by atoms with Gasteiger partial charge in [0.15, 0.2) is 0 Å². The highest BCUT2D eigenvalue weighted by atomic mass is 16.5. The first-order chi connectivity index (χ1) is 8.63. The largest absolute Gasteiger partial charge is 0.481 e. The van der Waals surface area contributed by atoms with E-state index in [1.807, 2.05) is 18.0 Å². The van der Waals surface area contributed by atoms with Crippen LogP contribution in [0.15, 0.2) is 18.3 Å². The Balaban J connectivity index is 2.19. The Labute approximate surface area is 105 Å². The van der Waals surface area contributed by atoms with E-state index >= 15 is 0 Å². The summed E-state index contributed by atoms with van der Waals surface area (Å²) < 4.78 is 10.3. The van der Waals surface area contributed by atoms with E-state index in [9.17, 15) is 4.79 Å². The molecule has 0 radical (unpaired) electrons. The standard InChI is InChI=1S/C12H16N2O4/c1-14(8-3-4-13-11(5-8)17-2)10-7-18-6-9(10)12(15)16/h3-5,9-10H,6-7H2,1-2H3,(H,15,16). The van der Waals surface area contributed by atoms with E-state index in [4.69, 9.17) is 14.6 Å². The summed E-state index contributed by atoms with van der Waals surface area (Å²) in [6, 6.07) is 3.42. The number of pyridine rings is 1. The van der Waals surface area contributed by atoms with Gasteiger partial charge in [0.2, 0.25) is 5.88 Å². The van der Waals surface area contributed by atoms with Gasteiger partial charge in [0.05, 0.1) is 26.4 Å². The van der Waals surface area contributed by atoms with Crippen LogP contribution in [0, 0.1) is 5.92 Å². The number of anilines is 1. The van der Waals surface area contributed by atoms with E-state index in [0.717, 1.165) is 5.69 Å². The van der Waals surface area contributed by atoms with Gasteiger partial charge >= 0.3 is 5.97 Å². The average Bonchev–Trinajstić information content (AvgIpc) is 2.87. The molecular weight excluding hydrogens is 236 g/mol. The molecule has 1 aromatic rings. The zero-order chi connectivity index (χ0) is 13.1. The van der Waals surface area contributed by atoms with Crippen molar-refractivity contribution in [3.63, 3.8) is 0 Å². The van der Waals surface area contributed by atoms with Gasteiger partial charge in [-0.3, -0.25) is 4.79 Å². The number of nitrogens with zero attached hydrogens (tertiary/aromatic N) is 2. The van der Waals surface area contributed by atoms with Crippen LogP contribution in [0.1, 0.15) is 0 Å². The van der Waals surface area contributed by atoms with Crippen LogP contribution in [0.4, 0.5) is 5.69 Å². The molecule has 0 bridgehead atoms. The molecule has 2 atom stereocenters. The fraction of sp³-hybridized carbons (Fsp3) is 0.500. The molecule has 0 aliphatic carbocycles. The molecule has 6 heteroatoms. The van der Waals surface area contributed by atoms with Gasteiger partial charge in [0, 0.05) is 25.0 Å². The molecule has 1 N–H and O–H groups in total. The number of carboxylic acid groups (broad SMARTS) is 1. The van der Waals surface area contributed by atoms with Gasteiger partial charge < -0.3 is 19.5 Å². The molecule has 0 amide bonds. The number of aliphatic carboxylic acids is 1. The summed E-state index contributed by atoms with van der Waals surface area (Å²) in [5.41, 5.74) is 0.864. The van der Waals surface area contributed by atoms with Crippen molar-refractivity contribution in [2.75, 3.05) is 32.3 Å². The van der Waals surface area contributed by atoms with Crippen molar-refractivity contribution < 1.29 is 19.4 Å². The second-order valence-corrected chi connectivity index (χ2v) is 4.22. The summed E-state index contributed by atoms with van der Waals surface area (Å²) in [5.74, 6) is -0.829. The maximum Gasteiger partial charge on any atom is 0.311 e. The van der Waals surface area contributed by atoms with Crippen molar-refractivity contribution >= 4 is 11.7 Å². The number of carboxylic acids is 1. The second kappa shape index (κ2) is 5.22. The number of carbonyl (C=O) groups is 1. The Kier molecular flexibility index (Phi) is 3.66. The minimum Gasteiger partial charge on any atom is -0.481 e. The van der Waals surface area contributed by atoms with Crippen LogP contribution >= 0.6 is 0 Å². The summed E-state index contributed by atoms with van der Waals surface area (Å²) in [5, 5.41) is 9.14. The molecule has 0 saturated carbocycles. The second-order valence-electron chi connectivity index (χ2n) is 4.22. The topological polar surface area (TPSA) is 71.9 Å². The highest BCUT2D eigenvalue weighted by Crippen LogP contribution is 2.25. The average molecular weight is 252 g/mol. The van der Waals surface area contributed by atoms with Crippen molar-refractivity contribution in [2.45, 2.75) is 6.04 Å². The lowest BCUT2D eigenvalue weighted by molar-refractivity contribution is -0.141. The zero-order valence-corrected chi connectivity index (χ0v) is 10.4. The van der Waals surface area contributed by atoms with E-state index in [1.54, 1.807) is 19.4 Å². The van der Waals surface area contributed by atoms with Crippen molar-refractivity contribution in [1.82, 2.24) is 4.98 Å². The third kappa shape index (κ3) is 2.38. The van der Waals surface area contributed by atoms with Crippen LogP contribution in [0.3, 0.4) is 0 Å². The zero-order valence-electron chi connectivity index (χ0n) is 10.4. The van der Waals surface area contributed by atoms with Crippen molar-refractivity contribution in [3.05, 3.63) is 18.3 Å². The van der Waals surface area contributed by atoms with E-state index in [2.05, 4.69) is 4.98 Å². The fourth-order valence-corrected chi connectivity index (χ4v) is 2.08. The van der Waals surface area contributed by atoms with Crippen LogP contribution in [0.5, 0.6) is 5.88 Å². The minimum atomic E-state index is -0.828. The van der Waals surface area contributed by atoms with Crippen LogP contribution in [0.25, 0.3) is 0 Å². The third-order valence-corrected chi connectivity index (χ3v) is 3.20. The molecule has 6 nitrogen and oxygen atoms in total. The number of aromatic nitrogens is 1. The van der Waals surface area contributed by atoms with Gasteiger partial charge in [-0.25, -0.2) is 4.98 Å². The highest BCUT2D eigenvalue weighted by molar-refractivity contribution is 5.72. The molecule has 0 spiro atoms. The van der Waals surface area contributed by atoms with Gasteiger partial charge in [-0.1, -0.05) is 0 Å². The van der Waals surface area contributed by atoms with Gasteiger partial charge in [-0.15, -0.1) is 0 Å². The van der Waals surface area contributed by atoms with Gasteiger partial charge in [0.1, 0.15) is 5.92 Å². The Morgan fingerprint density at radius 1 is 1.61 bits per heavy atom. The summed E-state index contributed by atoms with van der Waals surface area (Å²) in [7, 11) is 3.40. The number of hydrogen-bond donors (Lipinski definition) is 1. The van der Waals surface area contributed by atoms with E-state index in [-0.39, 0.29) is 12.6 Å². The summed E-state index contributed by atoms with van der Waals surface area (Å²) in [4.78, 5) is 17.1. The molecule has 1 aliphatic rings. The molecule has 1 aromatic heterocycles. The number of ether oxygens (including phenoxy) is 2. The molecule has 0 aromatic carbocycles. The molecule has 1 saturated heterocycles. The lowest BCUT2D eigenvalue weighted by Crippen LogP contribution is -2.40. The predicted molar refractivity (Wildman–Crippen MR) is 64.9 cm³/mol. The Morgan fingerprint density at radius 3 is 3.06 bits per heavy atom. The molecule has 18 heavy (non-hydrogen) atoms. The number of likely N-dealkylation sites (N-methyl/N-ethyl adjacent to an activating group) is 1. The highest BCUT2D eigenvalue weighted by Gasteiger charge is 2.36. The smallest absolute Gasteiger partial charge is 0.311 e. The van der Waals surface area contributed by atoms with Crippen molar-refractivity contribution in [1.29, 1.82) is 0 Å². The predicted octanol–water partition coefficient (Wildman–Crippen LogP) is 0.626. The Hall–Kier alpha value is -1.82. The summed E-state index contributed by atoms with van der Waals surface area (Å²) >= 11 is 0. The lowest BCUT2D eigenvalue weighted by atomic mass is 10.0. The van der Waals surface area contributed by atoms with Crippen LogP contribution in [0.2, 0.25) is 0 Å². The summed E-state index contributed by atoms with van der Waals surface area (Å²) in [6.45, 7) is 0.671. The fourth-order valence-electron chi connectivity index (χ4n) is 2.08. The third-order valence-electron chi connectivity index (χ3n) is 3.20. The minimum absolute atomic E-state index is 0.172. The van der Waals surface area contributed by atoms with E-state index in [0.29, 0.717) is 12.5 Å². The number of methoxy groups -OCH3 is 1. The molecule has 1 fully saturated rings. The SMILES string of the molecule is COc1cc(N(C)C2COCC2C(=O)O)ccn1. The van der Waals surface area contributed by atoms with Crippen LogP contribution in [-0.4, -0.2) is 49.5 Å². The van der Waals surface area contributed by atoms with Crippen LogP contribution in [-0.2, 0) is 9.53 Å². The van der Waals surface area contributed by atoms with Gasteiger partial charge in [-0.2, -0.15) is 0 Å². The maximum atomic E-state index is 11.1. The Morgan fingerprint density at radius 2 is 2.39 bits per heavy atom. The number of hydrogen-bond acceptors (Lipinski definition) is 5. The molecule has 98 valence electrons. The van der Waals surface area contributed by atoms with E-state index < -0.39 is 11.9 Å². The summed E-state index contributed by atoms with van der Waals surface area (Å²) in [6.07, 6.45) is 1.64. The normalized spacial score (nSPS) is 22.8. The van der Waals surface area contributed by atoms with Crippen molar-refractivity contribution in [3.8, 4) is 5.88 Å². The van der Waals surface area contributed by atoms with Crippen LogP contribution < -0.4 is 9.64 Å². The molecular formula is C12H16N2O4. The molecule has 2 unspecified atom stereocenters. The van der Waals surface area contributed by atoms with Crippen molar-refractivity contribution in [2.24, 2.45) is 5.92 Å². The quantitative estimate of drug-likeness (QED) is 0.847. The molecule has 2 heterocycles. The first-order valence-corrected chi connectivity index (χ1v) is 5.67. The first kappa shape index (κ1) is 12.6. The van der Waals surface area contributed by atoms with Gasteiger partial charge in [0.25, 0.3) is 0 Å². The monoisotopic (exact) mass is 252 g/mol. The first-order valence-electron chi connectivity index (χ1n) is 5.67. The lowest BCUT2D eigenvalue weighted by Gasteiger charge is -2.28. The molecule has 1 aliphatic heterocycles. The Bertz CT molecular complexity index is 438. The molecule has 2 rings (SSSR count). The van der Waals surface area contributed by atoms with E-state index in [1.165, 1.54) is 0 Å². The maximum absolute atomic E-state index is 11.1. The number of rotatable bonds is 4. The van der Waals surface area contributed by atoms with Gasteiger partial charge in [-0.05, 0) is 6.07 Å².